The number of piperidine rings is 2. The van der Waals surface area contributed by atoms with Crippen LogP contribution in [-0.2, 0) is 9.59 Å². The van der Waals surface area contributed by atoms with Crippen molar-refractivity contribution in [2.45, 2.75) is 51.6 Å². The Hall–Kier alpha value is -1.59. The number of hydrogen-bond acceptors (Lipinski definition) is 3. The van der Waals surface area contributed by atoms with Crippen LogP contribution >= 0.6 is 12.4 Å². The van der Waals surface area contributed by atoms with E-state index in [-0.39, 0.29) is 30.1 Å². The summed E-state index contributed by atoms with van der Waals surface area (Å²) in [5.74, 6) is 0.0664. The molecule has 1 aromatic rings. The number of carbonyl (C=O) groups is 2. The van der Waals surface area contributed by atoms with Crippen LogP contribution in [0.2, 0.25) is 0 Å². The van der Waals surface area contributed by atoms with Crippen LogP contribution in [0.3, 0.4) is 0 Å². The second kappa shape index (κ2) is 8.68. The van der Waals surface area contributed by atoms with Crippen molar-refractivity contribution in [2.75, 3.05) is 18.0 Å². The number of carbonyl (C=O) groups excluding carboxylic acids is 2. The quantitative estimate of drug-likeness (QED) is 0.864. The van der Waals surface area contributed by atoms with Crippen LogP contribution in [0.15, 0.2) is 24.3 Å². The van der Waals surface area contributed by atoms with Crippen LogP contribution in [0, 0.1) is 12.8 Å². The van der Waals surface area contributed by atoms with Crippen LogP contribution in [0.5, 0.6) is 0 Å². The molecule has 2 heterocycles. The van der Waals surface area contributed by atoms with E-state index in [1.54, 1.807) is 4.90 Å². The normalized spacial score (nSPS) is 26.7. The third kappa shape index (κ3) is 4.73. The van der Waals surface area contributed by atoms with E-state index in [0.29, 0.717) is 6.04 Å². The summed E-state index contributed by atoms with van der Waals surface area (Å²) < 4.78 is 0. The third-order valence-corrected chi connectivity index (χ3v) is 5.10. The molecule has 3 rings (SSSR count). The van der Waals surface area contributed by atoms with E-state index >= 15 is 0 Å². The summed E-state index contributed by atoms with van der Waals surface area (Å²) in [6.45, 7) is 5.72. The minimum Gasteiger partial charge on any atom is -0.344 e. The molecule has 2 saturated heterocycles. The summed E-state index contributed by atoms with van der Waals surface area (Å²) in [6, 6.07) is 7.96. The molecule has 0 bridgehead atoms. The summed E-state index contributed by atoms with van der Waals surface area (Å²) >= 11 is 0. The molecule has 0 saturated carbocycles. The van der Waals surface area contributed by atoms with Crippen molar-refractivity contribution in [1.29, 1.82) is 0 Å². The zero-order chi connectivity index (χ0) is 17.1. The standard InChI is InChI=1S/C19H27N3O2.ClH/c1-13-5-7-16(8-6-13)22-11-3-4-17(19(22)24)21-18(23)15-9-10-20-14(2)12-15;/h5-8,14-15,17,20H,3-4,9-12H2,1-2H3,(H,21,23);1H/t14-,15-,17?;/m0./s1. The van der Waals surface area contributed by atoms with Crippen LogP contribution < -0.4 is 15.5 Å². The third-order valence-electron chi connectivity index (χ3n) is 5.10. The monoisotopic (exact) mass is 365 g/mol. The first-order chi connectivity index (χ1) is 11.5. The maximum absolute atomic E-state index is 12.8. The Bertz CT molecular complexity index is 605. The maximum atomic E-state index is 12.8. The molecule has 0 aromatic heterocycles. The molecule has 25 heavy (non-hydrogen) atoms. The molecule has 2 amide bonds. The molecular weight excluding hydrogens is 338 g/mol. The predicted octanol–water partition coefficient (Wildman–Crippen LogP) is 2.42. The van der Waals surface area contributed by atoms with Gasteiger partial charge >= 0.3 is 0 Å². The molecular formula is C19H28ClN3O2. The number of benzene rings is 1. The van der Waals surface area contributed by atoms with Crippen molar-refractivity contribution < 1.29 is 9.59 Å². The molecule has 1 aromatic carbocycles. The number of amides is 2. The van der Waals surface area contributed by atoms with E-state index in [9.17, 15) is 9.59 Å². The van der Waals surface area contributed by atoms with Crippen LogP contribution in [-0.4, -0.2) is 37.0 Å². The van der Waals surface area contributed by atoms with Crippen molar-refractivity contribution >= 4 is 29.9 Å². The predicted molar refractivity (Wildman–Crippen MR) is 102 cm³/mol. The minimum atomic E-state index is -0.391. The summed E-state index contributed by atoms with van der Waals surface area (Å²) in [5.41, 5.74) is 2.09. The fourth-order valence-electron chi connectivity index (χ4n) is 3.65. The van der Waals surface area contributed by atoms with Gasteiger partial charge in [0.25, 0.3) is 0 Å². The SMILES string of the molecule is Cc1ccc(N2CCCC(NC(=O)[C@H]3CCN[C@@H](C)C3)C2=O)cc1.Cl. The molecule has 2 fully saturated rings. The Labute approximate surface area is 155 Å². The van der Waals surface area contributed by atoms with E-state index in [2.05, 4.69) is 17.6 Å². The van der Waals surface area contributed by atoms with Crippen molar-refractivity contribution in [3.63, 3.8) is 0 Å². The average Bonchev–Trinajstić information content (AvgIpc) is 2.58. The average molecular weight is 366 g/mol. The highest BCUT2D eigenvalue weighted by Gasteiger charge is 2.33. The van der Waals surface area contributed by atoms with Crippen LogP contribution in [0.4, 0.5) is 5.69 Å². The van der Waals surface area contributed by atoms with Gasteiger partial charge in [-0.1, -0.05) is 17.7 Å². The Morgan fingerprint density at radius 3 is 2.64 bits per heavy atom. The molecule has 6 heteroatoms. The van der Waals surface area contributed by atoms with E-state index in [0.717, 1.165) is 44.5 Å². The van der Waals surface area contributed by atoms with E-state index < -0.39 is 6.04 Å². The lowest BCUT2D eigenvalue weighted by atomic mass is 9.91. The molecule has 1 unspecified atom stereocenters. The zero-order valence-electron chi connectivity index (χ0n) is 15.0. The summed E-state index contributed by atoms with van der Waals surface area (Å²) in [4.78, 5) is 27.1. The first kappa shape index (κ1) is 19.7. The second-order valence-corrected chi connectivity index (χ2v) is 7.11. The lowest BCUT2D eigenvalue weighted by Crippen LogP contribution is -2.54. The topological polar surface area (TPSA) is 61.4 Å². The molecule has 5 nitrogen and oxygen atoms in total. The zero-order valence-corrected chi connectivity index (χ0v) is 15.8. The van der Waals surface area contributed by atoms with Gasteiger partial charge < -0.3 is 15.5 Å². The van der Waals surface area contributed by atoms with Gasteiger partial charge in [0, 0.05) is 24.2 Å². The first-order valence-corrected chi connectivity index (χ1v) is 8.96. The number of halogens is 1. The summed E-state index contributed by atoms with van der Waals surface area (Å²) in [6.07, 6.45) is 3.33. The van der Waals surface area contributed by atoms with Crippen LogP contribution in [0.25, 0.3) is 0 Å². The van der Waals surface area contributed by atoms with Crippen molar-refractivity contribution in [1.82, 2.24) is 10.6 Å². The van der Waals surface area contributed by atoms with Crippen molar-refractivity contribution in [2.24, 2.45) is 5.92 Å². The second-order valence-electron chi connectivity index (χ2n) is 7.11. The van der Waals surface area contributed by atoms with Gasteiger partial charge in [-0.25, -0.2) is 0 Å². The number of anilines is 1. The fourth-order valence-corrected chi connectivity index (χ4v) is 3.65. The molecule has 0 radical (unpaired) electrons. The molecule has 2 aliphatic rings. The fraction of sp³-hybridized carbons (Fsp3) is 0.579. The Morgan fingerprint density at radius 1 is 1.24 bits per heavy atom. The largest absolute Gasteiger partial charge is 0.344 e. The Kier molecular flexibility index (Phi) is 6.85. The van der Waals surface area contributed by atoms with Crippen molar-refractivity contribution in [3.8, 4) is 0 Å². The number of aryl methyl sites for hydroxylation is 1. The molecule has 2 aliphatic heterocycles. The highest BCUT2D eigenvalue weighted by molar-refractivity contribution is 6.00. The summed E-state index contributed by atoms with van der Waals surface area (Å²) in [5, 5.41) is 6.37. The number of rotatable bonds is 3. The van der Waals surface area contributed by atoms with Gasteiger partial charge in [-0.15, -0.1) is 12.4 Å². The lowest BCUT2D eigenvalue weighted by molar-refractivity contribution is -0.131. The highest BCUT2D eigenvalue weighted by atomic mass is 35.5. The van der Waals surface area contributed by atoms with Gasteiger partial charge in [-0.3, -0.25) is 9.59 Å². The maximum Gasteiger partial charge on any atom is 0.249 e. The van der Waals surface area contributed by atoms with Crippen LogP contribution in [0.1, 0.15) is 38.2 Å². The van der Waals surface area contributed by atoms with E-state index in [1.165, 1.54) is 5.56 Å². The molecule has 3 atom stereocenters. The summed E-state index contributed by atoms with van der Waals surface area (Å²) in [7, 11) is 0. The smallest absolute Gasteiger partial charge is 0.249 e. The Morgan fingerprint density at radius 2 is 1.96 bits per heavy atom. The van der Waals surface area contributed by atoms with Crippen molar-refractivity contribution in [3.05, 3.63) is 29.8 Å². The van der Waals surface area contributed by atoms with Gasteiger partial charge in [0.15, 0.2) is 0 Å². The number of nitrogens with zero attached hydrogens (tertiary/aromatic N) is 1. The minimum absolute atomic E-state index is 0. The van der Waals surface area contributed by atoms with E-state index in [1.807, 2.05) is 31.2 Å². The molecule has 138 valence electrons. The van der Waals surface area contributed by atoms with Gasteiger partial charge in [0.1, 0.15) is 6.04 Å². The lowest BCUT2D eigenvalue weighted by Gasteiger charge is -2.34. The number of nitrogens with one attached hydrogen (secondary N) is 2. The van der Waals surface area contributed by atoms with Gasteiger partial charge in [0.05, 0.1) is 0 Å². The van der Waals surface area contributed by atoms with Gasteiger partial charge in [-0.05, 0) is 58.2 Å². The van der Waals surface area contributed by atoms with E-state index in [4.69, 9.17) is 0 Å². The number of hydrogen-bond donors (Lipinski definition) is 2. The Balaban J connectivity index is 0.00000225. The van der Waals surface area contributed by atoms with Gasteiger partial charge in [-0.2, -0.15) is 0 Å². The molecule has 0 spiro atoms. The van der Waals surface area contributed by atoms with Gasteiger partial charge in [0.2, 0.25) is 11.8 Å². The molecule has 0 aliphatic carbocycles. The highest BCUT2D eigenvalue weighted by Crippen LogP contribution is 2.23. The molecule has 2 N–H and O–H groups in total. The first-order valence-electron chi connectivity index (χ1n) is 8.96.